The van der Waals surface area contributed by atoms with E-state index in [-0.39, 0.29) is 12.1 Å². The average molecular weight is 361 g/mol. The van der Waals surface area contributed by atoms with E-state index in [9.17, 15) is 9.36 Å². The van der Waals surface area contributed by atoms with E-state index in [2.05, 4.69) is 13.8 Å². The minimum Gasteiger partial charge on any atom is -0.466 e. The molecule has 0 aliphatic carbocycles. The van der Waals surface area contributed by atoms with Crippen LogP contribution in [0.4, 0.5) is 0 Å². The molecule has 142 valence electrons. The average Bonchev–Trinajstić information content (AvgIpc) is 2.53. The van der Waals surface area contributed by atoms with E-state index in [0.29, 0.717) is 25.7 Å². The van der Waals surface area contributed by atoms with Crippen molar-refractivity contribution >= 4 is 13.3 Å². The zero-order valence-electron chi connectivity index (χ0n) is 16.1. The zero-order chi connectivity index (χ0) is 18.4. The van der Waals surface area contributed by atoms with Gasteiger partial charge in [0.05, 0.1) is 19.1 Å². The first kappa shape index (κ1) is 23.2. The molecule has 0 aromatic carbocycles. The van der Waals surface area contributed by atoms with Crippen LogP contribution in [-0.4, -0.2) is 42.8 Å². The predicted octanol–water partition coefficient (Wildman–Crippen LogP) is 5.02. The quantitative estimate of drug-likeness (QED) is 0.247. The van der Waals surface area contributed by atoms with Gasteiger partial charge in [-0.1, -0.05) is 33.6 Å². The van der Waals surface area contributed by atoms with Crippen LogP contribution in [0.3, 0.4) is 0 Å². The highest BCUT2D eigenvalue weighted by atomic mass is 31.2. The van der Waals surface area contributed by atoms with Crippen LogP contribution >= 0.6 is 7.37 Å². The van der Waals surface area contributed by atoms with Gasteiger partial charge in [-0.15, -0.1) is 0 Å². The summed E-state index contributed by atoms with van der Waals surface area (Å²) in [6.07, 6.45) is 6.59. The molecule has 0 heterocycles. The Balaban J connectivity index is 4.61. The van der Waals surface area contributed by atoms with Crippen molar-refractivity contribution in [3.05, 3.63) is 12.0 Å². The van der Waals surface area contributed by atoms with Crippen molar-refractivity contribution in [1.29, 1.82) is 0 Å². The van der Waals surface area contributed by atoms with Gasteiger partial charge < -0.3 is 14.2 Å². The molecule has 0 radical (unpaired) electrons. The number of nitrogens with zero attached hydrogens (tertiary/aromatic N) is 1. The fourth-order valence-electron chi connectivity index (χ4n) is 2.03. The van der Waals surface area contributed by atoms with Gasteiger partial charge in [0.25, 0.3) is 0 Å². The lowest BCUT2D eigenvalue weighted by Gasteiger charge is -2.22. The minimum absolute atomic E-state index is 0.0712. The highest BCUT2D eigenvalue weighted by molar-refractivity contribution is 7.62. The largest absolute Gasteiger partial charge is 0.466 e. The van der Waals surface area contributed by atoms with Crippen molar-refractivity contribution in [2.75, 3.05) is 25.9 Å². The van der Waals surface area contributed by atoms with Gasteiger partial charge in [-0.05, 0) is 26.7 Å². The van der Waals surface area contributed by atoms with Gasteiger partial charge in [0.15, 0.2) is 0 Å². The SMILES string of the molecule is CCCCOC(=O)CCN(/C=C/P(=O)(CC)OC(C)C)CCCC. The van der Waals surface area contributed by atoms with E-state index in [1.807, 2.05) is 31.9 Å². The zero-order valence-corrected chi connectivity index (χ0v) is 17.0. The Bertz CT molecular complexity index is 410. The Morgan fingerprint density at radius 3 is 2.33 bits per heavy atom. The van der Waals surface area contributed by atoms with Gasteiger partial charge in [-0.25, -0.2) is 0 Å². The molecule has 0 rings (SSSR count). The second-order valence-corrected chi connectivity index (χ2v) is 8.80. The molecule has 0 aromatic heterocycles. The molecule has 0 aromatic rings. The molecule has 0 aliphatic heterocycles. The molecule has 24 heavy (non-hydrogen) atoms. The van der Waals surface area contributed by atoms with E-state index < -0.39 is 7.37 Å². The van der Waals surface area contributed by atoms with Crippen LogP contribution in [0, 0.1) is 0 Å². The molecule has 0 amide bonds. The maximum atomic E-state index is 12.7. The van der Waals surface area contributed by atoms with E-state index in [4.69, 9.17) is 9.26 Å². The third-order valence-corrected chi connectivity index (χ3v) is 5.75. The Kier molecular flexibility index (Phi) is 13.0. The predicted molar refractivity (Wildman–Crippen MR) is 100 cm³/mol. The summed E-state index contributed by atoms with van der Waals surface area (Å²) in [6, 6.07) is 0. The maximum Gasteiger partial charge on any atom is 0.307 e. The molecule has 0 aliphatic rings. The second-order valence-electron chi connectivity index (χ2n) is 6.21. The lowest BCUT2D eigenvalue weighted by atomic mass is 10.3. The smallest absolute Gasteiger partial charge is 0.307 e. The molecular weight excluding hydrogens is 325 g/mol. The number of hydrogen-bond donors (Lipinski definition) is 0. The highest BCUT2D eigenvalue weighted by Crippen LogP contribution is 2.49. The molecule has 0 saturated heterocycles. The molecule has 0 spiro atoms. The van der Waals surface area contributed by atoms with Crippen LogP contribution in [0.1, 0.15) is 66.7 Å². The number of rotatable bonds is 14. The number of esters is 1. The minimum atomic E-state index is -2.75. The summed E-state index contributed by atoms with van der Waals surface area (Å²) in [7, 11) is -2.75. The summed E-state index contributed by atoms with van der Waals surface area (Å²) in [5, 5.41) is 0. The molecule has 0 fully saturated rings. The number of hydrogen-bond acceptors (Lipinski definition) is 5. The second kappa shape index (κ2) is 13.5. The van der Waals surface area contributed by atoms with Crippen LogP contribution in [0.5, 0.6) is 0 Å². The first-order chi connectivity index (χ1) is 11.4. The van der Waals surface area contributed by atoms with Crippen LogP contribution in [-0.2, 0) is 18.6 Å². The molecule has 0 bridgehead atoms. The fraction of sp³-hybridized carbons (Fsp3) is 0.833. The van der Waals surface area contributed by atoms with Crippen LogP contribution < -0.4 is 0 Å². The van der Waals surface area contributed by atoms with Gasteiger partial charge in [0, 0.05) is 31.3 Å². The summed E-state index contributed by atoms with van der Waals surface area (Å²) in [6.45, 7) is 11.7. The molecular formula is C18H36NO4P. The van der Waals surface area contributed by atoms with E-state index in [0.717, 1.165) is 32.2 Å². The topological polar surface area (TPSA) is 55.8 Å². The van der Waals surface area contributed by atoms with E-state index >= 15 is 0 Å². The van der Waals surface area contributed by atoms with Crippen LogP contribution in [0.2, 0.25) is 0 Å². The van der Waals surface area contributed by atoms with Gasteiger partial charge in [-0.3, -0.25) is 9.36 Å². The van der Waals surface area contributed by atoms with Crippen molar-refractivity contribution < 1.29 is 18.6 Å². The van der Waals surface area contributed by atoms with Gasteiger partial charge >= 0.3 is 5.97 Å². The fourth-order valence-corrected chi connectivity index (χ4v) is 3.56. The van der Waals surface area contributed by atoms with E-state index in [1.165, 1.54) is 0 Å². The molecule has 0 N–H and O–H groups in total. The normalized spacial score (nSPS) is 14.1. The first-order valence-electron chi connectivity index (χ1n) is 9.23. The number of ether oxygens (including phenoxy) is 1. The Labute approximate surface area is 148 Å². The van der Waals surface area contributed by atoms with Crippen LogP contribution in [0.15, 0.2) is 12.0 Å². The van der Waals surface area contributed by atoms with Gasteiger partial charge in [-0.2, -0.15) is 0 Å². The summed E-state index contributed by atoms with van der Waals surface area (Å²) in [5.74, 6) is 1.51. The third-order valence-electron chi connectivity index (χ3n) is 3.50. The molecule has 1 atom stereocenters. The van der Waals surface area contributed by atoms with Crippen molar-refractivity contribution in [2.24, 2.45) is 0 Å². The highest BCUT2D eigenvalue weighted by Gasteiger charge is 2.19. The van der Waals surface area contributed by atoms with Crippen LogP contribution in [0.25, 0.3) is 0 Å². The number of carbonyl (C=O) groups excluding carboxylic acids is 1. The Hall–Kier alpha value is -0.800. The van der Waals surface area contributed by atoms with Crippen molar-refractivity contribution in [2.45, 2.75) is 72.8 Å². The Morgan fingerprint density at radius 2 is 1.79 bits per heavy atom. The van der Waals surface area contributed by atoms with Gasteiger partial charge in [0.1, 0.15) is 0 Å². The molecule has 1 unspecified atom stereocenters. The number of unbranched alkanes of at least 4 members (excludes halogenated alkanes) is 2. The summed E-state index contributed by atoms with van der Waals surface area (Å²) in [4.78, 5) is 13.8. The monoisotopic (exact) mass is 361 g/mol. The first-order valence-corrected chi connectivity index (χ1v) is 11.1. The summed E-state index contributed by atoms with van der Waals surface area (Å²) < 4.78 is 23.4. The molecule has 5 nitrogen and oxygen atoms in total. The maximum absolute atomic E-state index is 12.7. The standard InChI is InChI=1S/C18H36NO4P/c1-6-9-12-19(13-11-18(20)22-15-10-7-2)14-16-24(21,8-3)23-17(4)5/h14,16-17H,6-13,15H2,1-5H3/b16-14+. The number of carbonyl (C=O) groups is 1. The molecule has 0 saturated carbocycles. The lowest BCUT2D eigenvalue weighted by molar-refractivity contribution is -0.144. The van der Waals surface area contributed by atoms with Crippen molar-refractivity contribution in [1.82, 2.24) is 4.90 Å². The van der Waals surface area contributed by atoms with Crippen molar-refractivity contribution in [3.8, 4) is 0 Å². The Morgan fingerprint density at radius 1 is 1.12 bits per heavy atom. The van der Waals surface area contributed by atoms with Gasteiger partial charge in [0.2, 0.25) is 7.37 Å². The third kappa shape index (κ3) is 11.7. The van der Waals surface area contributed by atoms with Crippen molar-refractivity contribution in [3.63, 3.8) is 0 Å². The summed E-state index contributed by atoms with van der Waals surface area (Å²) in [5.41, 5.74) is 0. The summed E-state index contributed by atoms with van der Waals surface area (Å²) >= 11 is 0. The molecule has 6 heteroatoms. The van der Waals surface area contributed by atoms with E-state index in [1.54, 1.807) is 5.82 Å². The lowest BCUT2D eigenvalue weighted by Crippen LogP contribution is -2.23.